The van der Waals surface area contributed by atoms with Crippen molar-refractivity contribution in [1.82, 2.24) is 20.1 Å². The summed E-state index contributed by atoms with van der Waals surface area (Å²) in [4.78, 5) is 18.1. The number of ether oxygens (including phenoxy) is 3. The molecular formula is C34H30BrClN4O5. The van der Waals surface area contributed by atoms with E-state index in [-0.39, 0.29) is 13.2 Å². The molecule has 230 valence electrons. The number of halogens is 2. The molecule has 6 rings (SSSR count). The van der Waals surface area contributed by atoms with Gasteiger partial charge in [-0.2, -0.15) is 0 Å². The van der Waals surface area contributed by atoms with Crippen molar-refractivity contribution in [2.45, 2.75) is 26.7 Å². The number of pyridine rings is 1. The first-order valence-corrected chi connectivity index (χ1v) is 15.6. The summed E-state index contributed by atoms with van der Waals surface area (Å²) in [5.74, 6) is 1.86. The molecule has 0 amide bonds. The number of hydrogen-bond donors (Lipinski definition) is 0. The molecule has 3 aromatic carbocycles. The largest absolute Gasteiger partial charge is 0.488 e. The maximum Gasteiger partial charge on any atom is 0.248 e. The minimum absolute atomic E-state index is 0.226. The van der Waals surface area contributed by atoms with Gasteiger partial charge in [0, 0.05) is 52.7 Å². The van der Waals surface area contributed by atoms with Crippen LogP contribution >= 0.6 is 27.5 Å². The van der Waals surface area contributed by atoms with E-state index in [0.717, 1.165) is 50.9 Å². The second-order valence-electron chi connectivity index (χ2n) is 10.5. The number of aldehydes is 1. The number of carbonyl (C=O) groups excluding carboxylic acids is 1. The molecule has 1 saturated heterocycles. The van der Waals surface area contributed by atoms with Crippen LogP contribution < -0.4 is 9.47 Å². The molecule has 0 bridgehead atoms. The molecule has 0 spiro atoms. The summed E-state index contributed by atoms with van der Waals surface area (Å²) in [6.07, 6.45) is 4.11. The summed E-state index contributed by atoms with van der Waals surface area (Å²) >= 11 is 10.3. The normalized spacial score (nSPS) is 13.5. The number of hydrogen-bond acceptors (Lipinski definition) is 9. The SMILES string of the molecule is Cc1c(-c2nnc(CN3CCOCC3)o2)cccc1-c1cccc(COc2cc(OCc3cccnc3)c(C=O)cc2Cl)c1Br. The summed E-state index contributed by atoms with van der Waals surface area (Å²) in [7, 11) is 0. The van der Waals surface area contributed by atoms with Crippen molar-refractivity contribution in [3.8, 4) is 34.1 Å². The van der Waals surface area contributed by atoms with Crippen LogP contribution in [0.3, 0.4) is 0 Å². The fraction of sp³-hybridized carbons (Fsp3) is 0.235. The molecule has 45 heavy (non-hydrogen) atoms. The van der Waals surface area contributed by atoms with E-state index in [4.69, 9.17) is 30.2 Å². The van der Waals surface area contributed by atoms with E-state index in [1.54, 1.807) is 24.5 Å². The van der Waals surface area contributed by atoms with Crippen molar-refractivity contribution in [2.75, 3.05) is 26.3 Å². The van der Waals surface area contributed by atoms with Gasteiger partial charge < -0.3 is 18.6 Å². The third-order valence-electron chi connectivity index (χ3n) is 7.55. The minimum Gasteiger partial charge on any atom is -0.488 e. The van der Waals surface area contributed by atoms with Crippen LogP contribution in [-0.4, -0.2) is 52.7 Å². The second kappa shape index (κ2) is 14.3. The average Bonchev–Trinajstić information content (AvgIpc) is 3.53. The van der Waals surface area contributed by atoms with Crippen molar-refractivity contribution in [3.63, 3.8) is 0 Å². The third-order valence-corrected chi connectivity index (χ3v) is 8.79. The number of rotatable bonds is 11. The van der Waals surface area contributed by atoms with E-state index in [9.17, 15) is 4.79 Å². The smallest absolute Gasteiger partial charge is 0.248 e. The minimum atomic E-state index is 0.226. The zero-order valence-corrected chi connectivity index (χ0v) is 26.9. The van der Waals surface area contributed by atoms with Crippen molar-refractivity contribution >= 4 is 33.8 Å². The second-order valence-corrected chi connectivity index (χ2v) is 11.7. The summed E-state index contributed by atoms with van der Waals surface area (Å²) in [6.45, 7) is 6.24. The Hall–Kier alpha value is -4.09. The number of carbonyl (C=O) groups is 1. The Balaban J connectivity index is 1.20. The van der Waals surface area contributed by atoms with Crippen molar-refractivity contribution in [2.24, 2.45) is 0 Å². The maximum absolute atomic E-state index is 11.7. The van der Waals surface area contributed by atoms with Crippen LogP contribution in [0, 0.1) is 6.92 Å². The van der Waals surface area contributed by atoms with Gasteiger partial charge in [0.05, 0.1) is 30.3 Å². The number of benzene rings is 3. The van der Waals surface area contributed by atoms with Crippen LogP contribution in [0.4, 0.5) is 0 Å². The van der Waals surface area contributed by atoms with Crippen LogP contribution in [0.5, 0.6) is 11.5 Å². The van der Waals surface area contributed by atoms with E-state index in [2.05, 4.69) is 42.1 Å². The Morgan fingerprint density at radius 2 is 1.73 bits per heavy atom. The monoisotopic (exact) mass is 688 g/mol. The predicted molar refractivity (Wildman–Crippen MR) is 173 cm³/mol. The molecule has 5 aromatic rings. The van der Waals surface area contributed by atoms with Gasteiger partial charge in [-0.1, -0.05) is 48.0 Å². The Bertz CT molecular complexity index is 1790. The third kappa shape index (κ3) is 7.26. The first kappa shape index (κ1) is 30.9. The molecule has 1 aliphatic rings. The van der Waals surface area contributed by atoms with Gasteiger partial charge in [-0.05, 0) is 57.7 Å². The summed E-state index contributed by atoms with van der Waals surface area (Å²) in [5.41, 5.74) is 6.03. The molecule has 0 saturated carbocycles. The Kier molecular flexibility index (Phi) is 9.85. The molecule has 9 nitrogen and oxygen atoms in total. The number of aromatic nitrogens is 3. The van der Waals surface area contributed by atoms with Crippen molar-refractivity contribution in [3.05, 3.63) is 111 Å². The van der Waals surface area contributed by atoms with Crippen LogP contribution in [0.2, 0.25) is 5.02 Å². The lowest BCUT2D eigenvalue weighted by molar-refractivity contribution is 0.0306. The van der Waals surface area contributed by atoms with Gasteiger partial charge in [-0.25, -0.2) is 0 Å². The molecule has 1 aliphatic heterocycles. The average molecular weight is 690 g/mol. The molecule has 2 aromatic heterocycles. The van der Waals surface area contributed by atoms with E-state index < -0.39 is 0 Å². The van der Waals surface area contributed by atoms with E-state index in [1.165, 1.54) is 0 Å². The molecule has 0 atom stereocenters. The van der Waals surface area contributed by atoms with E-state index in [1.807, 2.05) is 49.4 Å². The lowest BCUT2D eigenvalue weighted by Gasteiger charge is -2.24. The molecule has 3 heterocycles. The maximum atomic E-state index is 11.7. The van der Waals surface area contributed by atoms with Crippen molar-refractivity contribution < 1.29 is 23.4 Å². The quantitative estimate of drug-likeness (QED) is 0.132. The fourth-order valence-corrected chi connectivity index (χ4v) is 5.93. The van der Waals surface area contributed by atoms with E-state index in [0.29, 0.717) is 59.9 Å². The Morgan fingerprint density at radius 3 is 2.53 bits per heavy atom. The van der Waals surface area contributed by atoms with Crippen LogP contribution in [0.15, 0.2) is 81.9 Å². The zero-order valence-electron chi connectivity index (χ0n) is 24.5. The lowest BCUT2D eigenvalue weighted by Crippen LogP contribution is -2.35. The van der Waals surface area contributed by atoms with Gasteiger partial charge in [0.1, 0.15) is 24.7 Å². The van der Waals surface area contributed by atoms with Gasteiger partial charge in [-0.15, -0.1) is 10.2 Å². The zero-order chi connectivity index (χ0) is 31.2. The molecule has 11 heteroatoms. The van der Waals surface area contributed by atoms with Gasteiger partial charge in [0.2, 0.25) is 11.8 Å². The van der Waals surface area contributed by atoms with Gasteiger partial charge >= 0.3 is 0 Å². The summed E-state index contributed by atoms with van der Waals surface area (Å²) in [5, 5.41) is 8.97. The van der Waals surface area contributed by atoms with Gasteiger partial charge in [0.15, 0.2) is 6.29 Å². The predicted octanol–water partition coefficient (Wildman–Crippen LogP) is 7.33. The van der Waals surface area contributed by atoms with Crippen LogP contribution in [-0.2, 0) is 24.5 Å². The highest BCUT2D eigenvalue weighted by Crippen LogP contribution is 2.38. The first-order valence-electron chi connectivity index (χ1n) is 14.4. The van der Waals surface area contributed by atoms with E-state index >= 15 is 0 Å². The Morgan fingerprint density at radius 1 is 0.956 bits per heavy atom. The molecule has 1 fully saturated rings. The number of morpholine rings is 1. The highest BCUT2D eigenvalue weighted by atomic mass is 79.9. The summed E-state index contributed by atoms with van der Waals surface area (Å²) < 4.78 is 24.5. The standard InChI is InChI=1S/C34H30BrClN4O5/c1-22-26(7-3-8-27(22)34-39-38-32(45-34)18-40-11-13-42-14-12-40)28-9-2-6-24(33(28)35)21-44-31-16-30(25(19-41)15-29(31)36)43-20-23-5-4-10-37-17-23/h2-10,15-17,19H,11-14,18,20-21H2,1H3. The molecular weight excluding hydrogens is 660 g/mol. The highest BCUT2D eigenvalue weighted by molar-refractivity contribution is 9.10. The molecule has 0 radical (unpaired) electrons. The lowest BCUT2D eigenvalue weighted by atomic mass is 9.95. The molecule has 0 N–H and O–H groups in total. The molecule has 0 aliphatic carbocycles. The van der Waals surface area contributed by atoms with Gasteiger partial charge in [0.25, 0.3) is 0 Å². The van der Waals surface area contributed by atoms with Crippen LogP contribution in [0.25, 0.3) is 22.6 Å². The fourth-order valence-electron chi connectivity index (χ4n) is 5.11. The Labute approximate surface area is 274 Å². The van der Waals surface area contributed by atoms with Crippen LogP contribution in [0.1, 0.15) is 32.9 Å². The topological polar surface area (TPSA) is 99.8 Å². The first-order chi connectivity index (χ1) is 22.0. The highest BCUT2D eigenvalue weighted by Gasteiger charge is 2.19. The van der Waals surface area contributed by atoms with Crippen molar-refractivity contribution in [1.29, 1.82) is 0 Å². The molecule has 0 unspecified atom stereocenters. The number of nitrogens with zero attached hydrogens (tertiary/aromatic N) is 4. The summed E-state index contributed by atoms with van der Waals surface area (Å²) in [6, 6.07) is 19.0. The van der Waals surface area contributed by atoms with Gasteiger partial charge in [-0.3, -0.25) is 14.7 Å².